The number of piperidine rings is 1. The van der Waals surface area contributed by atoms with Crippen LogP contribution in [-0.4, -0.2) is 39.0 Å². The van der Waals surface area contributed by atoms with Crippen molar-refractivity contribution in [1.82, 2.24) is 19.9 Å². The molecule has 2 aromatic rings. The molecule has 0 spiro atoms. The van der Waals surface area contributed by atoms with Crippen LogP contribution in [0.15, 0.2) is 24.3 Å². The van der Waals surface area contributed by atoms with Crippen molar-refractivity contribution >= 4 is 5.91 Å². The first-order chi connectivity index (χ1) is 13.1. The number of hydrogen-bond donors (Lipinski definition) is 0. The van der Waals surface area contributed by atoms with Gasteiger partial charge in [-0.1, -0.05) is 23.4 Å². The predicted molar refractivity (Wildman–Crippen MR) is 102 cm³/mol. The summed E-state index contributed by atoms with van der Waals surface area (Å²) >= 11 is 0. The van der Waals surface area contributed by atoms with E-state index in [4.69, 9.17) is 4.74 Å². The maximum absolute atomic E-state index is 13.6. The van der Waals surface area contributed by atoms with Crippen LogP contribution in [0.4, 0.5) is 0 Å². The van der Waals surface area contributed by atoms with Gasteiger partial charge in [0.05, 0.1) is 24.5 Å². The molecule has 1 aliphatic carbocycles. The second kappa shape index (κ2) is 7.33. The van der Waals surface area contributed by atoms with Crippen molar-refractivity contribution in [3.63, 3.8) is 0 Å². The lowest BCUT2D eigenvalue weighted by atomic mass is 9.85. The number of methoxy groups -OCH3 is 1. The smallest absolute Gasteiger partial charge is 0.226 e. The van der Waals surface area contributed by atoms with Gasteiger partial charge in [0.1, 0.15) is 5.75 Å². The normalized spacial score (nSPS) is 25.1. The molecule has 3 atom stereocenters. The van der Waals surface area contributed by atoms with E-state index in [0.29, 0.717) is 0 Å². The molecule has 1 unspecified atom stereocenters. The van der Waals surface area contributed by atoms with Gasteiger partial charge in [-0.3, -0.25) is 9.48 Å². The second-order valence-electron chi connectivity index (χ2n) is 7.83. The molecule has 1 amide bonds. The van der Waals surface area contributed by atoms with Crippen LogP contribution < -0.4 is 4.74 Å². The number of nitrogens with zero attached hydrogens (tertiary/aromatic N) is 4. The fourth-order valence-corrected chi connectivity index (χ4v) is 4.74. The lowest BCUT2D eigenvalue weighted by Crippen LogP contribution is -2.48. The van der Waals surface area contributed by atoms with E-state index in [9.17, 15) is 4.79 Å². The van der Waals surface area contributed by atoms with Crippen LogP contribution in [0.3, 0.4) is 0 Å². The van der Waals surface area contributed by atoms with Crippen LogP contribution in [0.25, 0.3) is 0 Å². The summed E-state index contributed by atoms with van der Waals surface area (Å²) in [5.74, 6) is 1.15. The number of ether oxygens (including phenoxy) is 1. The molecule has 0 saturated carbocycles. The summed E-state index contributed by atoms with van der Waals surface area (Å²) in [6, 6.07) is 8.44. The number of rotatable bonds is 3. The highest BCUT2D eigenvalue weighted by atomic mass is 16.5. The number of para-hydroxylation sites is 1. The molecule has 1 aliphatic heterocycles. The average Bonchev–Trinajstić information content (AvgIpc) is 3.07. The summed E-state index contributed by atoms with van der Waals surface area (Å²) in [5, 5.41) is 8.36. The lowest BCUT2D eigenvalue weighted by molar-refractivity contribution is -0.143. The Morgan fingerprint density at radius 1 is 1.22 bits per heavy atom. The zero-order valence-corrected chi connectivity index (χ0v) is 16.4. The van der Waals surface area contributed by atoms with E-state index in [1.807, 2.05) is 29.9 Å². The summed E-state index contributed by atoms with van der Waals surface area (Å²) in [5.41, 5.74) is 3.28. The highest BCUT2D eigenvalue weighted by Gasteiger charge is 2.39. The van der Waals surface area contributed by atoms with Gasteiger partial charge in [0.2, 0.25) is 5.91 Å². The van der Waals surface area contributed by atoms with Crippen molar-refractivity contribution in [2.45, 2.75) is 57.5 Å². The molecular weight excluding hydrogens is 340 g/mol. The van der Waals surface area contributed by atoms with Crippen molar-refractivity contribution in [2.24, 2.45) is 13.0 Å². The van der Waals surface area contributed by atoms with Crippen LogP contribution in [0.5, 0.6) is 5.75 Å². The molecule has 27 heavy (non-hydrogen) atoms. The zero-order valence-electron chi connectivity index (χ0n) is 16.4. The third-order valence-corrected chi connectivity index (χ3v) is 6.20. The Labute approximate surface area is 160 Å². The molecule has 4 rings (SSSR count). The molecule has 1 saturated heterocycles. The Bertz CT molecular complexity index is 831. The molecule has 0 radical (unpaired) electrons. The number of amides is 1. The topological polar surface area (TPSA) is 60.2 Å². The Hall–Kier alpha value is -2.37. The number of benzene rings is 1. The van der Waals surface area contributed by atoms with Crippen LogP contribution in [-0.2, 0) is 24.7 Å². The predicted octanol–water partition coefficient (Wildman–Crippen LogP) is 3.07. The van der Waals surface area contributed by atoms with Crippen LogP contribution in [0, 0.1) is 5.92 Å². The fourth-order valence-electron chi connectivity index (χ4n) is 4.74. The highest BCUT2D eigenvalue weighted by molar-refractivity contribution is 5.80. The molecule has 1 aromatic carbocycles. The van der Waals surface area contributed by atoms with E-state index >= 15 is 0 Å². The van der Waals surface area contributed by atoms with Gasteiger partial charge in [0.25, 0.3) is 0 Å². The Morgan fingerprint density at radius 3 is 2.85 bits per heavy atom. The van der Waals surface area contributed by atoms with Gasteiger partial charge in [0.15, 0.2) is 0 Å². The van der Waals surface area contributed by atoms with Crippen molar-refractivity contribution in [3.05, 3.63) is 41.2 Å². The molecule has 2 aliphatic rings. The fraction of sp³-hybridized carbons (Fsp3) is 0.571. The summed E-state index contributed by atoms with van der Waals surface area (Å²) in [7, 11) is 3.62. The Balaban J connectivity index is 1.63. The highest BCUT2D eigenvalue weighted by Crippen LogP contribution is 2.40. The van der Waals surface area contributed by atoms with Crippen LogP contribution in [0.1, 0.15) is 55.6 Å². The van der Waals surface area contributed by atoms with Crippen LogP contribution in [0.2, 0.25) is 0 Å². The van der Waals surface area contributed by atoms with Crippen molar-refractivity contribution < 1.29 is 9.53 Å². The van der Waals surface area contributed by atoms with Crippen molar-refractivity contribution in [2.75, 3.05) is 7.11 Å². The molecule has 6 heteroatoms. The van der Waals surface area contributed by atoms with E-state index in [-0.39, 0.29) is 23.9 Å². The van der Waals surface area contributed by atoms with Gasteiger partial charge in [-0.05, 0) is 45.1 Å². The molecule has 1 aromatic heterocycles. The quantitative estimate of drug-likeness (QED) is 0.835. The van der Waals surface area contributed by atoms with E-state index in [1.54, 1.807) is 7.11 Å². The number of aromatic nitrogens is 3. The van der Waals surface area contributed by atoms with Gasteiger partial charge in [-0.15, -0.1) is 5.10 Å². The minimum Gasteiger partial charge on any atom is -0.496 e. The van der Waals surface area contributed by atoms with Gasteiger partial charge in [-0.25, -0.2) is 0 Å². The number of likely N-dealkylation sites (tertiary alicyclic amines) is 1. The van der Waals surface area contributed by atoms with E-state index in [1.165, 1.54) is 0 Å². The standard InChI is InChI=1S/C21H28N4O2/c1-14-7-6-9-18(16-8-4-5-10-20(16)27-3)25(14)21(26)15-11-12-17-19(13-15)24(2)23-22-17/h4-5,8,10,14-15,18H,6-7,9,11-13H2,1-3H3/t14-,15?,18-/m1/s1. The number of carbonyl (C=O) groups excluding carboxylic acids is 1. The summed E-state index contributed by atoms with van der Waals surface area (Å²) in [6.45, 7) is 2.18. The molecule has 144 valence electrons. The molecule has 0 bridgehead atoms. The summed E-state index contributed by atoms with van der Waals surface area (Å²) in [4.78, 5) is 15.8. The van der Waals surface area contributed by atoms with Gasteiger partial charge < -0.3 is 9.64 Å². The van der Waals surface area contributed by atoms with Gasteiger partial charge >= 0.3 is 0 Å². The second-order valence-corrected chi connectivity index (χ2v) is 7.83. The average molecular weight is 368 g/mol. The number of hydrogen-bond acceptors (Lipinski definition) is 4. The minimum absolute atomic E-state index is 0.00690. The van der Waals surface area contributed by atoms with Gasteiger partial charge in [0, 0.05) is 31.0 Å². The first-order valence-electron chi connectivity index (χ1n) is 9.92. The lowest BCUT2D eigenvalue weighted by Gasteiger charge is -2.43. The number of aryl methyl sites for hydroxylation is 2. The minimum atomic E-state index is 0.00690. The first-order valence-corrected chi connectivity index (χ1v) is 9.92. The maximum atomic E-state index is 13.6. The third-order valence-electron chi connectivity index (χ3n) is 6.20. The molecular formula is C21H28N4O2. The maximum Gasteiger partial charge on any atom is 0.226 e. The molecule has 6 nitrogen and oxygen atoms in total. The molecule has 0 N–H and O–H groups in total. The molecule has 2 heterocycles. The Kier molecular flexibility index (Phi) is 4.89. The van der Waals surface area contributed by atoms with E-state index < -0.39 is 0 Å². The van der Waals surface area contributed by atoms with E-state index in [0.717, 1.165) is 61.2 Å². The van der Waals surface area contributed by atoms with Crippen molar-refractivity contribution in [3.8, 4) is 5.75 Å². The largest absolute Gasteiger partial charge is 0.496 e. The number of carbonyl (C=O) groups is 1. The molecule has 1 fully saturated rings. The summed E-state index contributed by atoms with van der Waals surface area (Å²) < 4.78 is 7.43. The first kappa shape index (κ1) is 18.0. The monoisotopic (exact) mass is 368 g/mol. The number of fused-ring (bicyclic) bond motifs is 1. The van der Waals surface area contributed by atoms with Gasteiger partial charge in [-0.2, -0.15) is 0 Å². The third kappa shape index (κ3) is 3.22. The van der Waals surface area contributed by atoms with Crippen molar-refractivity contribution in [1.29, 1.82) is 0 Å². The SMILES string of the molecule is COc1ccccc1[C@H]1CCC[C@@H](C)N1C(=O)C1CCc2nnn(C)c2C1. The zero-order chi connectivity index (χ0) is 19.0. The summed E-state index contributed by atoms with van der Waals surface area (Å²) in [6.07, 6.45) is 5.60. The van der Waals surface area contributed by atoms with E-state index in [2.05, 4.69) is 28.2 Å². The van der Waals surface area contributed by atoms with Crippen LogP contribution >= 0.6 is 0 Å². The Morgan fingerprint density at radius 2 is 2.04 bits per heavy atom.